The summed E-state index contributed by atoms with van der Waals surface area (Å²) in [5.41, 5.74) is -2.23. The molecule has 1 unspecified atom stereocenters. The predicted molar refractivity (Wildman–Crippen MR) is 123 cm³/mol. The van der Waals surface area contributed by atoms with Gasteiger partial charge in [-0.3, -0.25) is 4.79 Å². The minimum absolute atomic E-state index is 0.105. The van der Waals surface area contributed by atoms with E-state index in [-0.39, 0.29) is 36.6 Å². The molecule has 0 bridgehead atoms. The van der Waals surface area contributed by atoms with Gasteiger partial charge < -0.3 is 29.7 Å². The first-order valence-electron chi connectivity index (χ1n) is 12.2. The third kappa shape index (κ3) is 7.84. The van der Waals surface area contributed by atoms with Crippen LogP contribution >= 0.6 is 0 Å². The van der Waals surface area contributed by atoms with Crippen LogP contribution in [0.3, 0.4) is 0 Å². The van der Waals surface area contributed by atoms with Gasteiger partial charge in [0.1, 0.15) is 11.9 Å². The standard InChI is InChI=1S/C26H27F6NO6/c27-25(28,29)17-5-1-3-15(9-17)14-38-24(23(36)33-18-7-8-18)11-20(34)22(35)21(12-24)37-13-16-4-2-6-19(10-16)39-26(30,31)32/h1-6,9-10,18,20-22,34-35H,7-8,11-14H2,(H,33,36)/t20-,21?,22-,24+/m1/s1. The predicted octanol–water partition coefficient (Wildman–Crippen LogP) is 4.24. The maximum atomic E-state index is 13.3. The Morgan fingerprint density at radius 1 is 0.949 bits per heavy atom. The smallest absolute Gasteiger partial charge is 0.406 e. The van der Waals surface area contributed by atoms with Gasteiger partial charge in [-0.2, -0.15) is 13.2 Å². The van der Waals surface area contributed by atoms with Gasteiger partial charge in [0.05, 0.1) is 31.0 Å². The Labute approximate surface area is 219 Å². The Morgan fingerprint density at radius 3 is 2.26 bits per heavy atom. The van der Waals surface area contributed by atoms with Crippen LogP contribution in [0.5, 0.6) is 5.75 Å². The van der Waals surface area contributed by atoms with Crippen molar-refractivity contribution in [2.75, 3.05) is 0 Å². The van der Waals surface area contributed by atoms with Gasteiger partial charge in [0.2, 0.25) is 0 Å². The van der Waals surface area contributed by atoms with Gasteiger partial charge in [-0.05, 0) is 48.2 Å². The van der Waals surface area contributed by atoms with Crippen molar-refractivity contribution in [3.8, 4) is 5.75 Å². The Kier molecular flexibility index (Phi) is 8.45. The number of aliphatic hydroxyl groups excluding tert-OH is 2. The van der Waals surface area contributed by atoms with Crippen molar-refractivity contribution in [3.63, 3.8) is 0 Å². The summed E-state index contributed by atoms with van der Waals surface area (Å²) >= 11 is 0. The fourth-order valence-electron chi connectivity index (χ4n) is 4.40. The maximum absolute atomic E-state index is 13.3. The average molecular weight is 563 g/mol. The van der Waals surface area contributed by atoms with Crippen LogP contribution in [0.4, 0.5) is 26.3 Å². The molecule has 0 saturated heterocycles. The molecule has 2 aromatic carbocycles. The molecular weight excluding hydrogens is 536 g/mol. The second-order valence-electron chi connectivity index (χ2n) is 9.74. The Morgan fingerprint density at radius 2 is 1.62 bits per heavy atom. The lowest BCUT2D eigenvalue weighted by molar-refractivity contribution is -0.274. The summed E-state index contributed by atoms with van der Waals surface area (Å²) in [5.74, 6) is -1.08. The van der Waals surface area contributed by atoms with Crippen LogP contribution in [0.2, 0.25) is 0 Å². The number of nitrogens with one attached hydrogen (secondary N) is 1. The lowest BCUT2D eigenvalue weighted by Gasteiger charge is -2.44. The fourth-order valence-corrected chi connectivity index (χ4v) is 4.40. The largest absolute Gasteiger partial charge is 0.573 e. The highest BCUT2D eigenvalue weighted by molar-refractivity contribution is 5.86. The molecule has 2 aliphatic rings. The van der Waals surface area contributed by atoms with Crippen molar-refractivity contribution < 1.29 is 55.6 Å². The number of rotatable bonds is 9. The molecule has 2 fully saturated rings. The number of carbonyl (C=O) groups is 1. The first kappa shape index (κ1) is 29.1. The number of amides is 1. The van der Waals surface area contributed by atoms with E-state index in [1.807, 2.05) is 0 Å². The van der Waals surface area contributed by atoms with Gasteiger partial charge in [-0.1, -0.05) is 24.3 Å². The van der Waals surface area contributed by atoms with E-state index in [0.717, 1.165) is 37.1 Å². The molecule has 1 amide bonds. The van der Waals surface area contributed by atoms with Crippen molar-refractivity contribution in [2.24, 2.45) is 0 Å². The molecule has 0 spiro atoms. The van der Waals surface area contributed by atoms with Gasteiger partial charge in [-0.15, -0.1) is 13.2 Å². The summed E-state index contributed by atoms with van der Waals surface area (Å²) in [6, 6.07) is 9.28. The molecule has 0 heterocycles. The van der Waals surface area contributed by atoms with Crippen LogP contribution < -0.4 is 10.1 Å². The number of carbonyl (C=O) groups excluding carboxylic acids is 1. The van der Waals surface area contributed by atoms with Crippen LogP contribution in [-0.4, -0.2) is 52.4 Å². The van der Waals surface area contributed by atoms with E-state index < -0.39 is 60.3 Å². The number of ether oxygens (including phenoxy) is 3. The van der Waals surface area contributed by atoms with Gasteiger partial charge in [0, 0.05) is 18.9 Å². The van der Waals surface area contributed by atoms with E-state index in [1.165, 1.54) is 24.3 Å². The summed E-state index contributed by atoms with van der Waals surface area (Å²) in [6.45, 7) is -0.689. The molecule has 0 aliphatic heterocycles. The lowest BCUT2D eigenvalue weighted by atomic mass is 9.78. The average Bonchev–Trinajstić information content (AvgIpc) is 3.67. The summed E-state index contributed by atoms with van der Waals surface area (Å²) in [5, 5.41) is 24.0. The normalized spacial score (nSPS) is 25.8. The quantitative estimate of drug-likeness (QED) is 0.395. The summed E-state index contributed by atoms with van der Waals surface area (Å²) in [4.78, 5) is 13.3. The number of alkyl halides is 6. The van der Waals surface area contributed by atoms with Crippen molar-refractivity contribution in [2.45, 2.75) is 81.4 Å². The monoisotopic (exact) mass is 563 g/mol. The van der Waals surface area contributed by atoms with E-state index in [1.54, 1.807) is 0 Å². The Balaban J connectivity index is 1.51. The zero-order valence-electron chi connectivity index (χ0n) is 20.5. The molecule has 4 atom stereocenters. The van der Waals surface area contributed by atoms with Crippen LogP contribution in [0, 0.1) is 0 Å². The van der Waals surface area contributed by atoms with Crippen molar-refractivity contribution in [1.82, 2.24) is 5.32 Å². The van der Waals surface area contributed by atoms with Crippen LogP contribution in [0.1, 0.15) is 42.4 Å². The Bertz CT molecular complexity index is 1150. The molecule has 0 radical (unpaired) electrons. The zero-order valence-corrected chi connectivity index (χ0v) is 20.5. The van der Waals surface area contributed by atoms with Crippen LogP contribution in [0.15, 0.2) is 48.5 Å². The molecule has 3 N–H and O–H groups in total. The van der Waals surface area contributed by atoms with Gasteiger partial charge in [0.25, 0.3) is 5.91 Å². The van der Waals surface area contributed by atoms with E-state index in [9.17, 15) is 41.4 Å². The SMILES string of the molecule is O=C(NC1CC1)[C@@]1(OCc2cccc(C(F)(F)F)c2)CC(OCc2cccc(OC(F)(F)F)c2)[C@H](O)[C@H](O)C1. The zero-order chi connectivity index (χ0) is 28.4. The Hall–Kier alpha value is -2.87. The van der Waals surface area contributed by atoms with Crippen molar-refractivity contribution in [1.29, 1.82) is 0 Å². The first-order chi connectivity index (χ1) is 18.2. The van der Waals surface area contributed by atoms with Crippen LogP contribution in [0.25, 0.3) is 0 Å². The fraction of sp³-hybridized carbons (Fsp3) is 0.500. The van der Waals surface area contributed by atoms with E-state index in [2.05, 4.69) is 10.1 Å². The number of halogens is 6. The van der Waals surface area contributed by atoms with E-state index in [4.69, 9.17) is 9.47 Å². The minimum Gasteiger partial charge on any atom is -0.406 e. The molecule has 214 valence electrons. The second-order valence-corrected chi connectivity index (χ2v) is 9.74. The van der Waals surface area contributed by atoms with E-state index >= 15 is 0 Å². The summed E-state index contributed by atoms with van der Waals surface area (Å²) in [6.07, 6.45) is -12.8. The van der Waals surface area contributed by atoms with Gasteiger partial charge >= 0.3 is 12.5 Å². The van der Waals surface area contributed by atoms with Gasteiger partial charge in [0.15, 0.2) is 5.60 Å². The second kappa shape index (κ2) is 11.3. The first-order valence-corrected chi connectivity index (χ1v) is 12.2. The molecular formula is C26H27F6NO6. The highest BCUT2D eigenvalue weighted by Crippen LogP contribution is 2.37. The molecule has 0 aromatic heterocycles. The molecule has 4 rings (SSSR count). The van der Waals surface area contributed by atoms with Crippen molar-refractivity contribution in [3.05, 3.63) is 65.2 Å². The van der Waals surface area contributed by atoms with E-state index in [0.29, 0.717) is 0 Å². The third-order valence-corrected chi connectivity index (χ3v) is 6.54. The highest BCUT2D eigenvalue weighted by atomic mass is 19.4. The highest BCUT2D eigenvalue weighted by Gasteiger charge is 2.52. The lowest BCUT2D eigenvalue weighted by Crippen LogP contribution is -2.60. The minimum atomic E-state index is -4.89. The number of aliphatic hydroxyl groups is 2. The summed E-state index contributed by atoms with van der Waals surface area (Å²) in [7, 11) is 0. The number of hydrogen-bond donors (Lipinski definition) is 3. The van der Waals surface area contributed by atoms with Crippen molar-refractivity contribution >= 4 is 5.91 Å². The molecule has 2 aliphatic carbocycles. The van der Waals surface area contributed by atoms with Gasteiger partial charge in [-0.25, -0.2) is 0 Å². The molecule has 2 saturated carbocycles. The molecule has 2 aromatic rings. The number of benzene rings is 2. The molecule has 39 heavy (non-hydrogen) atoms. The molecule has 13 heteroatoms. The maximum Gasteiger partial charge on any atom is 0.573 e. The third-order valence-electron chi connectivity index (χ3n) is 6.54. The summed E-state index contributed by atoms with van der Waals surface area (Å²) < 4.78 is 92.6. The number of hydrogen-bond acceptors (Lipinski definition) is 6. The molecule has 7 nitrogen and oxygen atoms in total. The topological polar surface area (TPSA) is 97.3 Å². The van der Waals surface area contributed by atoms with Crippen LogP contribution in [-0.2, 0) is 33.7 Å².